The van der Waals surface area contributed by atoms with Gasteiger partial charge in [-0.2, -0.15) is 4.98 Å². The summed E-state index contributed by atoms with van der Waals surface area (Å²) in [4.78, 5) is 22.0. The van der Waals surface area contributed by atoms with Gasteiger partial charge in [0, 0.05) is 62.4 Å². The highest BCUT2D eigenvalue weighted by molar-refractivity contribution is 5.70. The molecule has 0 saturated carbocycles. The van der Waals surface area contributed by atoms with Crippen molar-refractivity contribution in [1.82, 2.24) is 15.2 Å². The average molecular weight is 755 g/mol. The molecule has 0 bridgehead atoms. The number of carbonyl (C=O) groups excluding carboxylic acids is 1. The maximum absolute atomic E-state index is 12.5. The summed E-state index contributed by atoms with van der Waals surface area (Å²) in [5.74, 6) is 2.20. The Morgan fingerprint density at radius 1 is 0.786 bits per heavy atom. The fraction of sp³-hybridized carbons (Fsp3) is 0.362. The van der Waals surface area contributed by atoms with Crippen LogP contribution in [0.15, 0.2) is 121 Å². The normalized spacial score (nSPS) is 17.9. The van der Waals surface area contributed by atoms with E-state index in [1.54, 1.807) is 0 Å². The second-order valence-corrected chi connectivity index (χ2v) is 16.0. The molecule has 292 valence electrons. The van der Waals surface area contributed by atoms with Crippen LogP contribution in [0, 0.1) is 0 Å². The van der Waals surface area contributed by atoms with Crippen molar-refractivity contribution in [2.75, 3.05) is 38.1 Å². The number of rotatable bonds is 12. The Labute approximate surface area is 331 Å². The molecule has 56 heavy (non-hydrogen) atoms. The molecule has 0 unspecified atom stereocenters. The van der Waals surface area contributed by atoms with Crippen LogP contribution in [0.2, 0.25) is 0 Å². The molecule has 0 spiro atoms. The lowest BCUT2D eigenvalue weighted by molar-refractivity contribution is 0.0473. The number of ether oxygens (including phenoxy) is 4. The molecule has 3 heterocycles. The molecule has 2 fully saturated rings. The van der Waals surface area contributed by atoms with Gasteiger partial charge in [0.05, 0.1) is 0 Å². The highest BCUT2D eigenvalue weighted by Gasteiger charge is 2.29. The number of aromatic nitrogens is 1. The second-order valence-electron chi connectivity index (χ2n) is 16.0. The Bertz CT molecular complexity index is 2010. The first kappa shape index (κ1) is 38.7. The summed E-state index contributed by atoms with van der Waals surface area (Å²) in [5, 5.41) is 3.09. The molecule has 1 N–H and O–H groups in total. The number of amides is 1. The van der Waals surface area contributed by atoms with Crippen LogP contribution in [-0.4, -0.2) is 67.0 Å². The van der Waals surface area contributed by atoms with Crippen molar-refractivity contribution < 1.29 is 23.7 Å². The number of carbonyl (C=O) groups is 1. The van der Waals surface area contributed by atoms with Gasteiger partial charge in [-0.25, -0.2) is 4.79 Å². The molecule has 2 saturated heterocycles. The number of hydrogen-bond acceptors (Lipinski definition) is 8. The Morgan fingerprint density at radius 3 is 2.14 bits per heavy atom. The van der Waals surface area contributed by atoms with Gasteiger partial charge in [-0.1, -0.05) is 84.9 Å². The first-order valence-corrected chi connectivity index (χ1v) is 19.8. The van der Waals surface area contributed by atoms with Crippen molar-refractivity contribution >= 4 is 11.8 Å². The minimum atomic E-state index is -0.514. The number of alkyl carbamates (subject to hydrolysis) is 1. The number of anilines is 1. The Kier molecular flexibility index (Phi) is 12.4. The molecule has 2 aliphatic rings. The Morgan fingerprint density at radius 2 is 1.46 bits per heavy atom. The first-order valence-electron chi connectivity index (χ1n) is 19.8. The minimum absolute atomic E-state index is 0.0463. The minimum Gasteiger partial charge on any atom is -0.490 e. The van der Waals surface area contributed by atoms with Gasteiger partial charge in [-0.05, 0) is 92.7 Å². The molecule has 0 aliphatic carbocycles. The molecular formula is C47H54N4O5. The van der Waals surface area contributed by atoms with Crippen LogP contribution in [0.1, 0.15) is 62.6 Å². The smallest absolute Gasteiger partial charge is 0.407 e. The third-order valence-corrected chi connectivity index (χ3v) is 10.3. The lowest BCUT2D eigenvalue weighted by Gasteiger charge is -2.37. The summed E-state index contributed by atoms with van der Waals surface area (Å²) in [6, 6.07) is 41.4. The number of nitrogens with one attached hydrogen (secondary N) is 1. The van der Waals surface area contributed by atoms with Gasteiger partial charge >= 0.3 is 6.09 Å². The van der Waals surface area contributed by atoms with Crippen LogP contribution in [0.5, 0.6) is 17.5 Å². The van der Waals surface area contributed by atoms with Crippen LogP contribution >= 0.6 is 0 Å². The SMILES string of the molecule is CN1C[C@H](NC(=O)OC(C)(C)C)C[C@H](c2ccc(N3CCC(Oc4cccc(-c5ccc(OCc6ccccc6)nc5OCc5ccccc5)c4)CC3)cc2)C1. The number of benzene rings is 4. The number of piperidine rings is 2. The van der Waals surface area contributed by atoms with E-state index in [2.05, 4.69) is 58.6 Å². The summed E-state index contributed by atoms with van der Waals surface area (Å²) in [6.07, 6.45) is 2.52. The predicted molar refractivity (Wildman–Crippen MR) is 222 cm³/mol. The molecule has 5 aromatic rings. The van der Waals surface area contributed by atoms with Gasteiger partial charge in [0.25, 0.3) is 0 Å². The average Bonchev–Trinajstić information content (AvgIpc) is 3.19. The zero-order valence-corrected chi connectivity index (χ0v) is 33.0. The molecule has 9 nitrogen and oxygen atoms in total. The summed E-state index contributed by atoms with van der Waals surface area (Å²) in [7, 11) is 2.11. The van der Waals surface area contributed by atoms with E-state index in [4.69, 9.17) is 23.9 Å². The standard InChI is InChI=1S/C47H54N4O5/c1-47(2,3)56-46(52)48-39-28-38(30-50(4)31-39)36-18-20-40(21-19-36)51-26-24-41(25-27-51)55-42-17-11-16-37(29-42)43-22-23-44(53-32-34-12-7-5-8-13-34)49-45(43)54-33-35-14-9-6-10-15-35/h5-23,29,38-39,41H,24-28,30-33H2,1-4H3,(H,48,52)/t38-,39+/m0/s1. The van der Waals surface area contributed by atoms with Crippen LogP contribution in [-0.2, 0) is 18.0 Å². The number of likely N-dealkylation sites (tertiary alicyclic amines) is 1. The monoisotopic (exact) mass is 754 g/mol. The summed E-state index contributed by atoms with van der Waals surface area (Å²) < 4.78 is 24.5. The van der Waals surface area contributed by atoms with Crippen LogP contribution in [0.3, 0.4) is 0 Å². The lowest BCUT2D eigenvalue weighted by Crippen LogP contribution is -2.49. The van der Waals surface area contributed by atoms with E-state index < -0.39 is 5.60 Å². The third-order valence-electron chi connectivity index (χ3n) is 10.3. The second kappa shape index (κ2) is 17.9. The quantitative estimate of drug-likeness (QED) is 0.135. The van der Waals surface area contributed by atoms with Crippen molar-refractivity contribution in [3.63, 3.8) is 0 Å². The summed E-state index contributed by atoms with van der Waals surface area (Å²) in [6.45, 7) is 10.1. The fourth-order valence-corrected chi connectivity index (χ4v) is 7.55. The van der Waals surface area contributed by atoms with Gasteiger partial charge < -0.3 is 34.1 Å². The molecule has 9 heteroatoms. The maximum Gasteiger partial charge on any atom is 0.407 e. The van der Waals surface area contributed by atoms with Gasteiger partial charge in [-0.3, -0.25) is 0 Å². The molecule has 1 amide bonds. The van der Waals surface area contributed by atoms with Crippen molar-refractivity contribution in [2.45, 2.75) is 76.9 Å². The number of hydrogen-bond donors (Lipinski definition) is 1. The largest absolute Gasteiger partial charge is 0.490 e. The summed E-state index contributed by atoms with van der Waals surface area (Å²) >= 11 is 0. The van der Waals surface area contributed by atoms with Gasteiger partial charge in [0.2, 0.25) is 11.8 Å². The van der Waals surface area contributed by atoms with Crippen LogP contribution in [0.4, 0.5) is 10.5 Å². The van der Waals surface area contributed by atoms with E-state index in [-0.39, 0.29) is 18.2 Å². The molecule has 0 radical (unpaired) electrons. The van der Waals surface area contributed by atoms with E-state index in [9.17, 15) is 4.79 Å². The highest BCUT2D eigenvalue weighted by atomic mass is 16.6. The zero-order valence-electron chi connectivity index (χ0n) is 33.0. The van der Waals surface area contributed by atoms with E-state index in [0.717, 1.165) is 73.4 Å². The van der Waals surface area contributed by atoms with Crippen molar-refractivity contribution in [3.8, 4) is 28.6 Å². The molecule has 2 atom stereocenters. The fourth-order valence-electron chi connectivity index (χ4n) is 7.55. The highest BCUT2D eigenvalue weighted by Crippen LogP contribution is 2.35. The molecule has 4 aromatic carbocycles. The topological polar surface area (TPSA) is 85.4 Å². The number of nitrogens with zero attached hydrogens (tertiary/aromatic N) is 3. The van der Waals surface area contributed by atoms with Gasteiger partial charge in [-0.15, -0.1) is 0 Å². The van der Waals surface area contributed by atoms with E-state index in [1.165, 1.54) is 11.3 Å². The van der Waals surface area contributed by atoms with Gasteiger partial charge in [0.1, 0.15) is 30.7 Å². The van der Waals surface area contributed by atoms with Crippen molar-refractivity contribution in [1.29, 1.82) is 0 Å². The predicted octanol–water partition coefficient (Wildman–Crippen LogP) is 9.27. The Balaban J connectivity index is 0.956. The molecule has 1 aromatic heterocycles. The molecule has 2 aliphatic heterocycles. The summed E-state index contributed by atoms with van der Waals surface area (Å²) in [5.41, 5.74) is 6.01. The van der Waals surface area contributed by atoms with Gasteiger partial charge in [0.15, 0.2) is 0 Å². The van der Waals surface area contributed by atoms with E-state index >= 15 is 0 Å². The molecule has 7 rings (SSSR count). The van der Waals surface area contributed by atoms with Crippen molar-refractivity contribution in [2.24, 2.45) is 0 Å². The van der Waals surface area contributed by atoms with Crippen LogP contribution in [0.25, 0.3) is 11.1 Å². The first-order chi connectivity index (χ1) is 27.1. The maximum atomic E-state index is 12.5. The lowest BCUT2D eigenvalue weighted by atomic mass is 9.88. The zero-order chi connectivity index (χ0) is 38.9. The number of likely N-dealkylation sites (N-methyl/N-ethyl adjacent to an activating group) is 1. The molecular weight excluding hydrogens is 701 g/mol. The van der Waals surface area contributed by atoms with Crippen molar-refractivity contribution in [3.05, 3.63) is 138 Å². The Hall–Kier alpha value is -5.54. The van der Waals surface area contributed by atoms with Crippen LogP contribution < -0.4 is 24.4 Å². The third kappa shape index (κ3) is 10.8. The number of pyridine rings is 1. The van der Waals surface area contributed by atoms with E-state index in [0.29, 0.717) is 30.9 Å². The van der Waals surface area contributed by atoms with E-state index in [1.807, 2.05) is 106 Å².